The second-order valence-electron chi connectivity index (χ2n) is 5.96. The molecule has 1 unspecified atom stereocenters. The van der Waals surface area contributed by atoms with Crippen LogP contribution in [0, 0.1) is 11.8 Å². The van der Waals surface area contributed by atoms with E-state index in [2.05, 4.69) is 15.4 Å². The van der Waals surface area contributed by atoms with E-state index in [1.54, 1.807) is 12.1 Å². The van der Waals surface area contributed by atoms with E-state index >= 15 is 0 Å². The van der Waals surface area contributed by atoms with Gasteiger partial charge in [-0.1, -0.05) is 19.1 Å². The van der Waals surface area contributed by atoms with Crippen LogP contribution in [0.4, 0.5) is 0 Å². The van der Waals surface area contributed by atoms with Crippen molar-refractivity contribution >= 4 is 28.3 Å². The smallest absolute Gasteiger partial charge is 0.240 e. The molecule has 1 amide bonds. The molecule has 1 atom stereocenters. The highest BCUT2D eigenvalue weighted by Gasteiger charge is 2.28. The monoisotopic (exact) mass is 391 g/mol. The van der Waals surface area contributed by atoms with Gasteiger partial charge in [0.15, 0.2) is 0 Å². The highest BCUT2D eigenvalue weighted by Crippen LogP contribution is 2.16. The zero-order valence-corrected chi connectivity index (χ0v) is 16.1. The Morgan fingerprint density at radius 3 is 2.48 bits per heavy atom. The van der Waals surface area contributed by atoms with Gasteiger partial charge in [0.05, 0.1) is 11.5 Å². The molecular formula is C16H26ClN3O4S. The maximum absolute atomic E-state index is 12.1. The van der Waals surface area contributed by atoms with Crippen LogP contribution in [-0.2, 0) is 26.1 Å². The SMILES string of the molecule is COCCNS(=O)(=O)c1ccc(CNC(=O)C(C)C2CNC2)cc1.Cl. The zero-order valence-electron chi connectivity index (χ0n) is 14.4. The minimum Gasteiger partial charge on any atom is -0.383 e. The number of ether oxygens (including phenoxy) is 1. The molecule has 7 nitrogen and oxygen atoms in total. The molecule has 0 aliphatic carbocycles. The molecule has 3 N–H and O–H groups in total. The minimum atomic E-state index is -3.53. The van der Waals surface area contributed by atoms with Gasteiger partial charge in [-0.3, -0.25) is 4.79 Å². The van der Waals surface area contributed by atoms with Crippen molar-refractivity contribution in [1.29, 1.82) is 0 Å². The first-order valence-electron chi connectivity index (χ1n) is 8.00. The van der Waals surface area contributed by atoms with Crippen molar-refractivity contribution in [3.8, 4) is 0 Å². The molecule has 1 fully saturated rings. The Labute approximate surface area is 155 Å². The predicted octanol–water partition coefficient (Wildman–Crippen LogP) is 0.505. The van der Waals surface area contributed by atoms with Crippen molar-refractivity contribution in [3.05, 3.63) is 29.8 Å². The Hall–Kier alpha value is -1.19. The van der Waals surface area contributed by atoms with E-state index in [1.165, 1.54) is 19.2 Å². The number of sulfonamides is 1. The standard InChI is InChI=1S/C16H25N3O4S.ClH/c1-12(14-10-17-11-14)16(20)18-9-13-3-5-15(6-4-13)24(21,22)19-7-8-23-2;/h3-6,12,14,17,19H,7-11H2,1-2H3,(H,18,20);1H. The second-order valence-corrected chi connectivity index (χ2v) is 7.73. The van der Waals surface area contributed by atoms with Gasteiger partial charge in [0.2, 0.25) is 15.9 Å². The van der Waals surface area contributed by atoms with Crippen molar-refractivity contribution in [2.45, 2.75) is 18.4 Å². The molecule has 1 aromatic carbocycles. The summed E-state index contributed by atoms with van der Waals surface area (Å²) in [4.78, 5) is 12.3. The molecule has 0 aromatic heterocycles. The van der Waals surface area contributed by atoms with E-state index in [4.69, 9.17) is 4.74 Å². The Balaban J connectivity index is 0.00000312. The van der Waals surface area contributed by atoms with E-state index in [0.29, 0.717) is 19.1 Å². The quantitative estimate of drug-likeness (QED) is 0.533. The number of carbonyl (C=O) groups excluding carboxylic acids is 1. The van der Waals surface area contributed by atoms with Gasteiger partial charge in [-0.05, 0) is 36.7 Å². The molecule has 2 rings (SSSR count). The summed E-state index contributed by atoms with van der Waals surface area (Å²) in [7, 11) is -2.01. The van der Waals surface area contributed by atoms with Crippen LogP contribution in [-0.4, -0.2) is 47.7 Å². The fourth-order valence-electron chi connectivity index (χ4n) is 2.38. The van der Waals surface area contributed by atoms with Crippen molar-refractivity contribution in [3.63, 3.8) is 0 Å². The van der Waals surface area contributed by atoms with Gasteiger partial charge in [-0.25, -0.2) is 13.1 Å². The molecule has 9 heteroatoms. The van der Waals surface area contributed by atoms with Crippen LogP contribution < -0.4 is 15.4 Å². The van der Waals surface area contributed by atoms with E-state index in [9.17, 15) is 13.2 Å². The van der Waals surface area contributed by atoms with Gasteiger partial charge in [0, 0.05) is 26.1 Å². The molecule has 0 saturated carbocycles. The Kier molecular flexibility index (Phi) is 8.81. The number of halogens is 1. The fraction of sp³-hybridized carbons (Fsp3) is 0.562. The average Bonchev–Trinajstić information content (AvgIpc) is 2.51. The molecule has 0 spiro atoms. The number of hydrogen-bond donors (Lipinski definition) is 3. The summed E-state index contributed by atoms with van der Waals surface area (Å²) < 4.78 is 31.4. The Morgan fingerprint density at radius 2 is 1.96 bits per heavy atom. The third-order valence-electron chi connectivity index (χ3n) is 4.23. The average molecular weight is 392 g/mol. The van der Waals surface area contributed by atoms with Gasteiger partial charge >= 0.3 is 0 Å². The lowest BCUT2D eigenvalue weighted by Crippen LogP contribution is -2.49. The number of rotatable bonds is 9. The molecule has 1 saturated heterocycles. The summed E-state index contributed by atoms with van der Waals surface area (Å²) in [5.74, 6) is 0.408. The van der Waals surface area contributed by atoms with Crippen LogP contribution in [0.15, 0.2) is 29.2 Å². The zero-order chi connectivity index (χ0) is 17.6. The van der Waals surface area contributed by atoms with Crippen LogP contribution in [0.1, 0.15) is 12.5 Å². The third-order valence-corrected chi connectivity index (χ3v) is 5.71. The number of benzene rings is 1. The Morgan fingerprint density at radius 1 is 1.32 bits per heavy atom. The molecule has 1 aliphatic rings. The first-order chi connectivity index (χ1) is 11.4. The summed E-state index contributed by atoms with van der Waals surface area (Å²) in [5, 5.41) is 6.06. The Bertz CT molecular complexity index is 648. The fourth-order valence-corrected chi connectivity index (χ4v) is 3.39. The lowest BCUT2D eigenvalue weighted by atomic mass is 9.88. The third kappa shape index (κ3) is 6.23. The summed E-state index contributed by atoms with van der Waals surface area (Å²) in [6.45, 7) is 4.64. The highest BCUT2D eigenvalue weighted by atomic mass is 35.5. The lowest BCUT2D eigenvalue weighted by Gasteiger charge is -2.31. The molecule has 1 aliphatic heterocycles. The highest BCUT2D eigenvalue weighted by molar-refractivity contribution is 7.89. The van der Waals surface area contributed by atoms with Crippen molar-refractivity contribution < 1.29 is 17.9 Å². The predicted molar refractivity (Wildman–Crippen MR) is 98.1 cm³/mol. The van der Waals surface area contributed by atoms with Crippen LogP contribution in [0.5, 0.6) is 0 Å². The topological polar surface area (TPSA) is 96.5 Å². The molecule has 1 aromatic rings. The normalized spacial score (nSPS) is 15.8. The molecule has 1 heterocycles. The number of carbonyl (C=O) groups is 1. The number of nitrogens with one attached hydrogen (secondary N) is 3. The van der Waals surface area contributed by atoms with E-state index in [1.807, 2.05) is 6.92 Å². The van der Waals surface area contributed by atoms with Gasteiger partial charge in [0.1, 0.15) is 0 Å². The minimum absolute atomic E-state index is 0. The molecule has 25 heavy (non-hydrogen) atoms. The van der Waals surface area contributed by atoms with Gasteiger partial charge in [-0.2, -0.15) is 0 Å². The van der Waals surface area contributed by atoms with Crippen LogP contribution in [0.25, 0.3) is 0 Å². The summed E-state index contributed by atoms with van der Waals surface area (Å²) >= 11 is 0. The first-order valence-corrected chi connectivity index (χ1v) is 9.48. The van der Waals surface area contributed by atoms with Crippen molar-refractivity contribution in [2.24, 2.45) is 11.8 Å². The van der Waals surface area contributed by atoms with E-state index in [0.717, 1.165) is 18.7 Å². The molecular weight excluding hydrogens is 366 g/mol. The van der Waals surface area contributed by atoms with Crippen LogP contribution in [0.2, 0.25) is 0 Å². The molecule has 0 radical (unpaired) electrons. The number of amides is 1. The number of methoxy groups -OCH3 is 1. The van der Waals surface area contributed by atoms with Crippen LogP contribution in [0.3, 0.4) is 0 Å². The van der Waals surface area contributed by atoms with Gasteiger partial charge < -0.3 is 15.4 Å². The summed E-state index contributed by atoms with van der Waals surface area (Å²) in [6.07, 6.45) is 0. The molecule has 0 bridgehead atoms. The van der Waals surface area contributed by atoms with Crippen LogP contribution >= 0.6 is 12.4 Å². The van der Waals surface area contributed by atoms with Crippen molar-refractivity contribution in [2.75, 3.05) is 33.4 Å². The molecule has 142 valence electrons. The lowest BCUT2D eigenvalue weighted by molar-refractivity contribution is -0.126. The second kappa shape index (κ2) is 10.1. The summed E-state index contributed by atoms with van der Waals surface area (Å²) in [6, 6.07) is 6.49. The van der Waals surface area contributed by atoms with Gasteiger partial charge in [0.25, 0.3) is 0 Å². The van der Waals surface area contributed by atoms with E-state index in [-0.39, 0.29) is 35.7 Å². The van der Waals surface area contributed by atoms with Gasteiger partial charge in [-0.15, -0.1) is 12.4 Å². The maximum atomic E-state index is 12.1. The van der Waals surface area contributed by atoms with Crippen molar-refractivity contribution in [1.82, 2.24) is 15.4 Å². The largest absolute Gasteiger partial charge is 0.383 e. The summed E-state index contributed by atoms with van der Waals surface area (Å²) in [5.41, 5.74) is 0.859. The number of hydrogen-bond acceptors (Lipinski definition) is 5. The first kappa shape index (κ1) is 21.9. The van der Waals surface area contributed by atoms with E-state index < -0.39 is 10.0 Å². The maximum Gasteiger partial charge on any atom is 0.240 e.